The number of aromatic amines is 1. The maximum Gasteiger partial charge on any atom is 0.289 e. The van der Waals surface area contributed by atoms with E-state index in [1.165, 1.54) is 25.1 Å². The lowest BCUT2D eigenvalue weighted by Crippen LogP contribution is -2.29. The molecule has 0 bridgehead atoms. The zero-order chi connectivity index (χ0) is 27.8. The summed E-state index contributed by atoms with van der Waals surface area (Å²) in [5.41, 5.74) is 2.34. The van der Waals surface area contributed by atoms with E-state index in [9.17, 15) is 5.26 Å². The van der Waals surface area contributed by atoms with Crippen molar-refractivity contribution in [1.82, 2.24) is 9.97 Å². The summed E-state index contributed by atoms with van der Waals surface area (Å²) in [6.45, 7) is 4.95. The SMILES string of the molecule is CC(C)Oc1ccc(-c2c[nH]c3nccc(Oc4c(F)cc(NC5=NCC(C6CC6)CO5)cc4F)c23)cc1C#N. The van der Waals surface area contributed by atoms with Gasteiger partial charge in [-0.1, -0.05) is 6.07 Å². The summed E-state index contributed by atoms with van der Waals surface area (Å²) < 4.78 is 47.5. The Bertz CT molecular complexity index is 1630. The van der Waals surface area contributed by atoms with E-state index in [4.69, 9.17) is 14.2 Å². The first-order chi connectivity index (χ1) is 19.4. The van der Waals surface area contributed by atoms with Gasteiger partial charge in [0.15, 0.2) is 17.4 Å². The highest BCUT2D eigenvalue weighted by Gasteiger charge is 2.33. The first-order valence-corrected chi connectivity index (χ1v) is 13.2. The highest BCUT2D eigenvalue weighted by molar-refractivity contribution is 5.98. The number of anilines is 1. The topological polar surface area (TPSA) is 105 Å². The molecule has 1 unspecified atom stereocenters. The van der Waals surface area contributed by atoms with Gasteiger partial charge in [-0.05, 0) is 56.4 Å². The second kappa shape index (κ2) is 10.5. The Morgan fingerprint density at radius 1 is 1.10 bits per heavy atom. The molecule has 1 aliphatic carbocycles. The monoisotopic (exact) mass is 543 g/mol. The van der Waals surface area contributed by atoms with E-state index in [1.807, 2.05) is 19.9 Å². The number of hydrogen-bond donors (Lipinski definition) is 2. The van der Waals surface area contributed by atoms with E-state index in [2.05, 4.69) is 26.3 Å². The number of pyridine rings is 1. The molecule has 1 saturated carbocycles. The van der Waals surface area contributed by atoms with Crippen molar-refractivity contribution in [2.24, 2.45) is 16.8 Å². The number of nitrogens with zero attached hydrogens (tertiary/aromatic N) is 3. The van der Waals surface area contributed by atoms with Crippen LogP contribution in [0, 0.1) is 34.8 Å². The quantitative estimate of drug-likeness (QED) is 0.266. The molecular formula is C30H27F2N5O3. The smallest absolute Gasteiger partial charge is 0.289 e. The molecule has 1 aliphatic heterocycles. The molecule has 8 nitrogen and oxygen atoms in total. The lowest BCUT2D eigenvalue weighted by molar-refractivity contribution is 0.204. The van der Waals surface area contributed by atoms with Gasteiger partial charge < -0.3 is 24.5 Å². The molecule has 0 spiro atoms. The van der Waals surface area contributed by atoms with Crippen molar-refractivity contribution in [1.29, 1.82) is 5.26 Å². The zero-order valence-electron chi connectivity index (χ0n) is 22.0. The summed E-state index contributed by atoms with van der Waals surface area (Å²) in [5, 5.41) is 13.0. The number of nitriles is 1. The number of ether oxygens (including phenoxy) is 3. The van der Waals surface area contributed by atoms with Crippen molar-refractivity contribution in [2.45, 2.75) is 32.8 Å². The maximum absolute atomic E-state index is 15.2. The third kappa shape index (κ3) is 5.15. The largest absolute Gasteiger partial charge is 0.490 e. The molecule has 40 heavy (non-hydrogen) atoms. The molecule has 1 atom stereocenters. The molecule has 6 rings (SSSR count). The van der Waals surface area contributed by atoms with Crippen LogP contribution in [0.15, 0.2) is 53.8 Å². The number of fused-ring (bicyclic) bond motifs is 1. The van der Waals surface area contributed by atoms with Crippen LogP contribution in [0.5, 0.6) is 17.2 Å². The van der Waals surface area contributed by atoms with Gasteiger partial charge in [-0.25, -0.2) is 18.8 Å². The zero-order valence-corrected chi connectivity index (χ0v) is 22.0. The van der Waals surface area contributed by atoms with Crippen LogP contribution in [-0.4, -0.2) is 35.2 Å². The van der Waals surface area contributed by atoms with E-state index >= 15 is 8.78 Å². The van der Waals surface area contributed by atoms with Gasteiger partial charge in [-0.15, -0.1) is 0 Å². The van der Waals surface area contributed by atoms with Gasteiger partial charge in [0.1, 0.15) is 23.2 Å². The van der Waals surface area contributed by atoms with Crippen LogP contribution in [0.2, 0.25) is 0 Å². The molecule has 2 aromatic heterocycles. The first kappa shape index (κ1) is 25.6. The molecule has 204 valence electrons. The van der Waals surface area contributed by atoms with Crippen molar-refractivity contribution in [3.63, 3.8) is 0 Å². The predicted octanol–water partition coefficient (Wildman–Crippen LogP) is 6.78. The summed E-state index contributed by atoms with van der Waals surface area (Å²) >= 11 is 0. The average molecular weight is 544 g/mol. The second-order valence-electron chi connectivity index (χ2n) is 10.3. The summed E-state index contributed by atoms with van der Waals surface area (Å²) in [6, 6.07) is 11.4. The number of benzene rings is 2. The lowest BCUT2D eigenvalue weighted by Gasteiger charge is -2.22. The van der Waals surface area contributed by atoms with Gasteiger partial charge in [-0.3, -0.25) is 0 Å². The highest BCUT2D eigenvalue weighted by atomic mass is 19.1. The minimum atomic E-state index is -0.890. The number of amidine groups is 1. The molecule has 2 aromatic carbocycles. The normalized spacial score (nSPS) is 16.8. The van der Waals surface area contributed by atoms with E-state index < -0.39 is 17.4 Å². The third-order valence-corrected chi connectivity index (χ3v) is 6.96. The average Bonchev–Trinajstić information content (AvgIpc) is 3.69. The number of H-pyrrole nitrogens is 1. The Hall–Kier alpha value is -4.65. The molecule has 2 aliphatic rings. The van der Waals surface area contributed by atoms with Gasteiger partial charge in [0.05, 0.1) is 30.2 Å². The molecule has 1 fully saturated rings. The van der Waals surface area contributed by atoms with Crippen LogP contribution in [0.4, 0.5) is 14.5 Å². The van der Waals surface area contributed by atoms with Gasteiger partial charge in [0.25, 0.3) is 6.02 Å². The Morgan fingerprint density at radius 2 is 1.90 bits per heavy atom. The molecule has 10 heteroatoms. The van der Waals surface area contributed by atoms with Crippen molar-refractivity contribution < 1.29 is 23.0 Å². The van der Waals surface area contributed by atoms with Crippen LogP contribution in [-0.2, 0) is 4.74 Å². The maximum atomic E-state index is 15.2. The van der Waals surface area contributed by atoms with Crippen molar-refractivity contribution in [3.8, 4) is 34.4 Å². The third-order valence-electron chi connectivity index (χ3n) is 6.96. The number of aliphatic imine (C=N–C) groups is 1. The number of aromatic nitrogens is 2. The van der Waals surface area contributed by atoms with Crippen LogP contribution in [0.25, 0.3) is 22.2 Å². The van der Waals surface area contributed by atoms with Crippen molar-refractivity contribution >= 4 is 22.7 Å². The molecule has 2 N–H and O–H groups in total. The van der Waals surface area contributed by atoms with Gasteiger partial charge in [0, 0.05) is 41.7 Å². The number of halogens is 2. The van der Waals surface area contributed by atoms with Crippen LogP contribution in [0.3, 0.4) is 0 Å². The fourth-order valence-electron chi connectivity index (χ4n) is 4.86. The van der Waals surface area contributed by atoms with E-state index in [-0.39, 0.29) is 23.6 Å². The molecule has 0 saturated heterocycles. The highest BCUT2D eigenvalue weighted by Crippen LogP contribution is 2.40. The molecule has 4 aromatic rings. The predicted molar refractivity (Wildman–Crippen MR) is 147 cm³/mol. The minimum Gasteiger partial charge on any atom is -0.490 e. The first-order valence-electron chi connectivity index (χ1n) is 13.2. The fourth-order valence-corrected chi connectivity index (χ4v) is 4.86. The minimum absolute atomic E-state index is 0.0931. The summed E-state index contributed by atoms with van der Waals surface area (Å²) in [7, 11) is 0. The Morgan fingerprint density at radius 3 is 2.58 bits per heavy atom. The van der Waals surface area contributed by atoms with Gasteiger partial charge >= 0.3 is 0 Å². The summed E-state index contributed by atoms with van der Waals surface area (Å²) in [5.74, 6) is -0.583. The van der Waals surface area contributed by atoms with Gasteiger partial charge in [-0.2, -0.15) is 5.26 Å². The van der Waals surface area contributed by atoms with Crippen LogP contribution in [0.1, 0.15) is 32.3 Å². The summed E-state index contributed by atoms with van der Waals surface area (Å²) in [4.78, 5) is 11.8. The molecule has 3 heterocycles. The van der Waals surface area contributed by atoms with Crippen molar-refractivity contribution in [3.05, 3.63) is 66.0 Å². The Kier molecular flexibility index (Phi) is 6.72. The number of rotatable bonds is 7. The van der Waals surface area contributed by atoms with Crippen LogP contribution >= 0.6 is 0 Å². The Labute approximate surface area is 229 Å². The second-order valence-corrected chi connectivity index (χ2v) is 10.3. The standard InChI is InChI=1S/C30H27F2N5O3/c1-16(2)39-25-6-5-18(9-19(25)12-33)22-14-35-29-27(22)26(7-8-34-29)40-28-23(31)10-21(11-24(28)32)37-30-36-13-20(15-38-30)17-3-4-17/h5-11,14,16-17,20H,3-4,13,15H2,1-2H3,(H,34,35)(H,36,37). The lowest BCUT2D eigenvalue weighted by atomic mass is 10.0. The Balaban J connectivity index is 1.28. The van der Waals surface area contributed by atoms with Crippen LogP contribution < -0.4 is 14.8 Å². The fraction of sp³-hybridized carbons (Fsp3) is 0.300. The van der Waals surface area contributed by atoms with E-state index in [0.717, 1.165) is 12.1 Å². The van der Waals surface area contributed by atoms with Crippen molar-refractivity contribution in [2.75, 3.05) is 18.5 Å². The van der Waals surface area contributed by atoms with Gasteiger partial charge in [0.2, 0.25) is 0 Å². The molecule has 0 radical (unpaired) electrons. The van der Waals surface area contributed by atoms with E-state index in [1.54, 1.807) is 18.3 Å². The number of hydrogen-bond acceptors (Lipinski definition) is 7. The number of nitrogens with one attached hydrogen (secondary N) is 2. The summed E-state index contributed by atoms with van der Waals surface area (Å²) in [6.07, 6.45) is 5.52. The molecule has 0 amide bonds. The molecular weight excluding hydrogens is 516 g/mol. The van der Waals surface area contributed by atoms with E-state index in [0.29, 0.717) is 58.5 Å².